The minimum Gasteiger partial charge on any atom is -0.453 e. The molecule has 1 saturated heterocycles. The SMILES string of the molecule is COC(=O)NC(=O)CN1CCN(S(=O)(=O)c2ccc(C)c(C)c2)CC1. The number of imide groups is 1. The zero-order chi connectivity index (χ0) is 18.6. The summed E-state index contributed by atoms with van der Waals surface area (Å²) in [6.45, 7) is 5.25. The summed E-state index contributed by atoms with van der Waals surface area (Å²) in [5, 5.41) is 2.08. The van der Waals surface area contributed by atoms with Crippen molar-refractivity contribution in [2.75, 3.05) is 39.8 Å². The smallest absolute Gasteiger partial charge is 0.413 e. The number of sulfonamides is 1. The van der Waals surface area contributed by atoms with Crippen molar-refractivity contribution < 1.29 is 22.7 Å². The minimum atomic E-state index is -3.54. The van der Waals surface area contributed by atoms with Crippen LogP contribution in [0, 0.1) is 13.8 Å². The number of hydrogen-bond acceptors (Lipinski definition) is 6. The molecule has 2 rings (SSSR count). The average Bonchev–Trinajstić information content (AvgIpc) is 2.57. The maximum atomic E-state index is 12.7. The molecule has 25 heavy (non-hydrogen) atoms. The van der Waals surface area contributed by atoms with Crippen molar-refractivity contribution in [2.45, 2.75) is 18.7 Å². The van der Waals surface area contributed by atoms with Gasteiger partial charge in [0.1, 0.15) is 0 Å². The van der Waals surface area contributed by atoms with E-state index in [2.05, 4.69) is 10.1 Å². The van der Waals surface area contributed by atoms with Crippen molar-refractivity contribution in [3.05, 3.63) is 29.3 Å². The number of rotatable bonds is 4. The van der Waals surface area contributed by atoms with Gasteiger partial charge < -0.3 is 4.74 Å². The van der Waals surface area contributed by atoms with E-state index in [1.807, 2.05) is 13.8 Å². The Morgan fingerprint density at radius 1 is 1.12 bits per heavy atom. The number of carbonyl (C=O) groups excluding carboxylic acids is 2. The number of alkyl carbamates (subject to hydrolysis) is 1. The molecule has 1 aliphatic heterocycles. The number of piperazine rings is 1. The van der Waals surface area contributed by atoms with E-state index < -0.39 is 22.0 Å². The molecule has 9 heteroatoms. The first-order valence-corrected chi connectivity index (χ1v) is 9.35. The molecule has 1 aromatic carbocycles. The summed E-state index contributed by atoms with van der Waals surface area (Å²) in [6.07, 6.45) is -0.805. The van der Waals surface area contributed by atoms with Crippen molar-refractivity contribution in [3.63, 3.8) is 0 Å². The first kappa shape index (κ1) is 19.4. The van der Waals surface area contributed by atoms with Crippen LogP contribution in [0.15, 0.2) is 23.1 Å². The fourth-order valence-corrected chi connectivity index (χ4v) is 4.07. The van der Waals surface area contributed by atoms with Crippen LogP contribution in [0.5, 0.6) is 0 Å². The molecule has 1 N–H and O–H groups in total. The Labute approximate surface area is 147 Å². The van der Waals surface area contributed by atoms with Gasteiger partial charge in [0.25, 0.3) is 0 Å². The molecule has 0 radical (unpaired) electrons. The second kappa shape index (κ2) is 7.94. The normalized spacial score (nSPS) is 16.4. The molecule has 1 heterocycles. The topological polar surface area (TPSA) is 96.0 Å². The minimum absolute atomic E-state index is 0.0205. The number of ether oxygens (including phenoxy) is 1. The summed E-state index contributed by atoms with van der Waals surface area (Å²) < 4.78 is 31.2. The second-order valence-corrected chi connectivity index (χ2v) is 7.90. The van der Waals surface area contributed by atoms with Gasteiger partial charge in [-0.25, -0.2) is 13.2 Å². The summed E-state index contributed by atoms with van der Waals surface area (Å²) in [4.78, 5) is 24.7. The Morgan fingerprint density at radius 2 is 1.76 bits per heavy atom. The number of amides is 2. The monoisotopic (exact) mass is 369 g/mol. The Hall–Kier alpha value is -1.97. The average molecular weight is 369 g/mol. The number of methoxy groups -OCH3 is 1. The summed E-state index contributed by atoms with van der Waals surface area (Å²) in [5.74, 6) is -0.475. The van der Waals surface area contributed by atoms with E-state index in [1.165, 1.54) is 11.4 Å². The lowest BCUT2D eigenvalue weighted by Gasteiger charge is -2.33. The maximum Gasteiger partial charge on any atom is 0.413 e. The third kappa shape index (κ3) is 4.77. The van der Waals surface area contributed by atoms with Crippen LogP contribution in [0.4, 0.5) is 4.79 Å². The Morgan fingerprint density at radius 3 is 2.32 bits per heavy atom. The second-order valence-electron chi connectivity index (χ2n) is 5.97. The lowest BCUT2D eigenvalue weighted by Crippen LogP contribution is -2.51. The molecule has 0 bridgehead atoms. The van der Waals surface area contributed by atoms with E-state index in [-0.39, 0.29) is 11.4 Å². The van der Waals surface area contributed by atoms with Gasteiger partial charge in [-0.3, -0.25) is 15.0 Å². The first-order chi connectivity index (χ1) is 11.7. The van der Waals surface area contributed by atoms with Crippen LogP contribution in [0.25, 0.3) is 0 Å². The number of benzene rings is 1. The van der Waals surface area contributed by atoms with Crippen LogP contribution in [0.3, 0.4) is 0 Å². The van der Waals surface area contributed by atoms with Gasteiger partial charge in [-0.15, -0.1) is 0 Å². The van der Waals surface area contributed by atoms with Gasteiger partial charge in [-0.05, 0) is 37.1 Å². The van der Waals surface area contributed by atoms with Gasteiger partial charge >= 0.3 is 6.09 Å². The number of nitrogens with zero attached hydrogens (tertiary/aromatic N) is 2. The van der Waals surface area contributed by atoms with Crippen molar-refractivity contribution in [1.82, 2.24) is 14.5 Å². The predicted octanol–water partition coefficient (Wildman–Crippen LogP) is 0.492. The van der Waals surface area contributed by atoms with E-state index >= 15 is 0 Å². The van der Waals surface area contributed by atoms with E-state index in [4.69, 9.17) is 0 Å². The zero-order valence-electron chi connectivity index (χ0n) is 14.6. The third-order valence-electron chi connectivity index (χ3n) is 4.24. The highest BCUT2D eigenvalue weighted by atomic mass is 32.2. The molecule has 0 aliphatic carbocycles. The lowest BCUT2D eigenvalue weighted by molar-refractivity contribution is -0.121. The van der Waals surface area contributed by atoms with Crippen LogP contribution < -0.4 is 5.32 Å². The van der Waals surface area contributed by atoms with E-state index in [0.717, 1.165) is 11.1 Å². The highest BCUT2D eigenvalue weighted by molar-refractivity contribution is 7.89. The van der Waals surface area contributed by atoms with E-state index in [9.17, 15) is 18.0 Å². The molecule has 0 saturated carbocycles. The van der Waals surface area contributed by atoms with Crippen molar-refractivity contribution >= 4 is 22.0 Å². The lowest BCUT2D eigenvalue weighted by atomic mass is 10.1. The van der Waals surface area contributed by atoms with Gasteiger partial charge in [0.15, 0.2) is 0 Å². The van der Waals surface area contributed by atoms with Gasteiger partial charge in [0.2, 0.25) is 15.9 Å². The maximum absolute atomic E-state index is 12.7. The summed E-state index contributed by atoms with van der Waals surface area (Å²) in [5.41, 5.74) is 1.97. The molecule has 138 valence electrons. The Kier molecular flexibility index (Phi) is 6.15. The standard InChI is InChI=1S/C16H23N3O5S/c1-12-4-5-14(10-13(12)2)25(22,23)19-8-6-18(7-9-19)11-15(20)17-16(21)24-3/h4-5,10H,6-9,11H2,1-3H3,(H,17,20,21). The van der Waals surface area contributed by atoms with Gasteiger partial charge in [0, 0.05) is 26.2 Å². The predicted molar refractivity (Wildman–Crippen MR) is 91.7 cm³/mol. The molecule has 0 aromatic heterocycles. The van der Waals surface area contributed by atoms with Crippen LogP contribution in [0.1, 0.15) is 11.1 Å². The van der Waals surface area contributed by atoms with E-state index in [1.54, 1.807) is 23.1 Å². The van der Waals surface area contributed by atoms with E-state index in [0.29, 0.717) is 26.2 Å². The molecule has 2 amide bonds. The molecular formula is C16H23N3O5S. The highest BCUT2D eigenvalue weighted by Crippen LogP contribution is 2.20. The number of aryl methyl sites for hydroxylation is 2. The van der Waals surface area contributed by atoms with Crippen LogP contribution in [-0.2, 0) is 19.6 Å². The zero-order valence-corrected chi connectivity index (χ0v) is 15.4. The fraction of sp³-hybridized carbons (Fsp3) is 0.500. The summed E-state index contributed by atoms with van der Waals surface area (Å²) >= 11 is 0. The summed E-state index contributed by atoms with van der Waals surface area (Å²) in [7, 11) is -2.36. The molecular weight excluding hydrogens is 346 g/mol. The van der Waals surface area contributed by atoms with Crippen LogP contribution >= 0.6 is 0 Å². The number of nitrogens with one attached hydrogen (secondary N) is 1. The van der Waals surface area contributed by atoms with Crippen molar-refractivity contribution in [3.8, 4) is 0 Å². The van der Waals surface area contributed by atoms with Crippen LogP contribution in [-0.4, -0.2) is 69.5 Å². The molecule has 0 unspecified atom stereocenters. The molecule has 1 aliphatic rings. The van der Waals surface area contributed by atoms with Crippen LogP contribution in [0.2, 0.25) is 0 Å². The fourth-order valence-electron chi connectivity index (χ4n) is 2.56. The Balaban J connectivity index is 1.95. The Bertz CT molecular complexity index is 755. The van der Waals surface area contributed by atoms with Gasteiger partial charge in [0.05, 0.1) is 18.6 Å². The molecule has 0 atom stereocenters. The largest absolute Gasteiger partial charge is 0.453 e. The number of carbonyl (C=O) groups is 2. The first-order valence-electron chi connectivity index (χ1n) is 7.91. The molecule has 1 fully saturated rings. The third-order valence-corrected chi connectivity index (χ3v) is 6.14. The molecule has 8 nitrogen and oxygen atoms in total. The van der Waals surface area contributed by atoms with Crippen molar-refractivity contribution in [1.29, 1.82) is 0 Å². The quantitative estimate of drug-likeness (QED) is 0.830. The highest BCUT2D eigenvalue weighted by Gasteiger charge is 2.29. The summed E-state index contributed by atoms with van der Waals surface area (Å²) in [6, 6.07) is 5.10. The molecule has 1 aromatic rings. The van der Waals surface area contributed by atoms with Gasteiger partial charge in [-0.1, -0.05) is 6.07 Å². The molecule has 0 spiro atoms. The number of hydrogen-bond donors (Lipinski definition) is 1. The van der Waals surface area contributed by atoms with Gasteiger partial charge in [-0.2, -0.15) is 4.31 Å². The van der Waals surface area contributed by atoms with Crippen molar-refractivity contribution in [2.24, 2.45) is 0 Å².